The highest BCUT2D eigenvalue weighted by Crippen LogP contribution is 1.73. The van der Waals surface area contributed by atoms with E-state index in [4.69, 9.17) is 6.15 Å². The predicted molar refractivity (Wildman–Crippen MR) is 36.9 cm³/mol. The monoisotopic (exact) mass is 134 g/mol. The van der Waals surface area contributed by atoms with Crippen molar-refractivity contribution in [1.29, 1.82) is 0 Å². The Bertz CT molecular complexity index is 69.9. The Morgan fingerprint density at radius 3 is 3.00 bits per heavy atom. The third kappa shape index (κ3) is 5.72. The fourth-order valence-electron chi connectivity index (χ4n) is 0.362. The second-order valence-corrected chi connectivity index (χ2v) is 1.64. The van der Waals surface area contributed by atoms with E-state index >= 15 is 0 Å². The lowest BCUT2D eigenvalue weighted by Crippen LogP contribution is -2.38. The topological polar surface area (TPSA) is 59.3 Å². The van der Waals surface area contributed by atoms with E-state index in [1.807, 2.05) is 7.05 Å². The molecule has 0 aromatic carbocycles. The van der Waals surface area contributed by atoms with Crippen LogP contribution in [0.1, 0.15) is 0 Å². The van der Waals surface area contributed by atoms with Crippen LogP contribution in [0.4, 0.5) is 0 Å². The molecule has 0 fully saturated rings. The van der Waals surface area contributed by atoms with Crippen molar-refractivity contribution in [2.45, 2.75) is 6.35 Å². The van der Waals surface area contributed by atoms with Gasteiger partial charge in [0, 0.05) is 6.54 Å². The Kier molecular flexibility index (Phi) is 4.61. The lowest BCUT2D eigenvalue weighted by molar-refractivity contribution is 0.0424. The summed E-state index contributed by atoms with van der Waals surface area (Å²) in [6.45, 7) is 1.38. The first-order valence-electron chi connectivity index (χ1n) is 3.46. The number of rotatable bonds is 6. The van der Waals surface area contributed by atoms with Crippen molar-refractivity contribution < 1.29 is 6.15 Å². The number of likely N-dealkylation sites (N-methyl/N-ethyl adjacent to an activating group) is 1. The molecule has 0 radical (unpaired) electrons. The van der Waals surface area contributed by atoms with Crippen molar-refractivity contribution >= 4 is 0 Å². The van der Waals surface area contributed by atoms with Gasteiger partial charge >= 0.3 is 0 Å². The maximum atomic E-state index is 6.74. The normalized spacial score (nSPS) is 15.1. The van der Waals surface area contributed by atoms with Crippen LogP contribution in [0.3, 0.4) is 0 Å². The van der Waals surface area contributed by atoms with Crippen LogP contribution in [0.25, 0.3) is 0 Å². The van der Waals surface area contributed by atoms with Gasteiger partial charge in [0.15, 0.2) is 6.35 Å². The van der Waals surface area contributed by atoms with E-state index in [-0.39, 0.29) is 6.35 Å². The molecule has 0 rings (SSSR count). The first-order valence-corrected chi connectivity index (χ1v) is 2.96. The molecular formula is C5H15N3O. The number of nitrogens with two attached hydrogens (primary N) is 1. The second-order valence-electron chi connectivity index (χ2n) is 1.64. The molecule has 0 aromatic heterocycles. The minimum absolute atomic E-state index is 0.367. The van der Waals surface area contributed by atoms with E-state index in [0.29, 0.717) is 6.61 Å². The van der Waals surface area contributed by atoms with Crippen molar-refractivity contribution in [3.8, 4) is 0 Å². The minimum atomic E-state index is -0.367. The molecule has 0 bridgehead atoms. The molecule has 0 aliphatic carbocycles. The Labute approximate surface area is 57.2 Å². The van der Waals surface area contributed by atoms with Gasteiger partial charge in [-0.1, -0.05) is 0 Å². The van der Waals surface area contributed by atoms with E-state index in [9.17, 15) is 0 Å². The molecular weight excluding hydrogens is 118 g/mol. The van der Waals surface area contributed by atoms with Gasteiger partial charge in [0.1, 0.15) is 1.41 Å². The lowest BCUT2D eigenvalue weighted by Gasteiger charge is -2.10. The van der Waals surface area contributed by atoms with E-state index in [2.05, 4.69) is 16.4 Å². The lowest BCUT2D eigenvalue weighted by atomic mass is 10.7. The van der Waals surface area contributed by atoms with E-state index in [1.165, 1.54) is 0 Å². The highest BCUT2D eigenvalue weighted by molar-refractivity contribution is 4.39. The third-order valence-electron chi connectivity index (χ3n) is 0.899. The van der Waals surface area contributed by atoms with Gasteiger partial charge in [-0.25, -0.2) is 0 Å². The summed E-state index contributed by atoms with van der Waals surface area (Å²) >= 11 is 0. The number of ether oxygens (including phenoxy) is 1. The summed E-state index contributed by atoms with van der Waals surface area (Å²) in [5, 5.41) is 5.69. The summed E-state index contributed by atoms with van der Waals surface area (Å²) in [7, 11) is 3.58. The Morgan fingerprint density at radius 2 is 2.56 bits per heavy atom. The molecule has 0 amide bonds. The van der Waals surface area contributed by atoms with Gasteiger partial charge in [-0.15, -0.1) is 0 Å². The fourth-order valence-corrected chi connectivity index (χ4v) is 0.362. The van der Waals surface area contributed by atoms with Crippen LogP contribution < -0.4 is 16.4 Å². The molecule has 4 nitrogen and oxygen atoms in total. The molecule has 9 heavy (non-hydrogen) atoms. The molecule has 56 valence electrons. The zero-order chi connectivity index (χ0) is 7.82. The molecule has 1 unspecified atom stereocenters. The van der Waals surface area contributed by atoms with Crippen molar-refractivity contribution in [3.05, 3.63) is 0 Å². The molecule has 1 atom stereocenters. The fraction of sp³-hybridized carbons (Fsp3) is 1.00. The minimum Gasteiger partial charge on any atom is -0.349 e. The Morgan fingerprint density at radius 1 is 1.78 bits per heavy atom. The highest BCUT2D eigenvalue weighted by atomic mass is 16.5. The first kappa shape index (κ1) is 6.95. The molecule has 0 aromatic rings. The maximum absolute atomic E-state index is 6.74. The SMILES string of the molecule is [2H]NC(NC)OCCNC. The molecule has 0 aliphatic rings. The summed E-state index contributed by atoms with van der Waals surface area (Å²) in [4.78, 5) is 0. The van der Waals surface area contributed by atoms with Gasteiger partial charge in [-0.2, -0.15) is 0 Å². The largest absolute Gasteiger partial charge is 0.349 e. The van der Waals surface area contributed by atoms with Crippen LogP contribution >= 0.6 is 0 Å². The van der Waals surface area contributed by atoms with Crippen LogP contribution in [-0.4, -0.2) is 33.6 Å². The van der Waals surface area contributed by atoms with Crippen LogP contribution in [0.2, 0.25) is 1.41 Å². The predicted octanol–water partition coefficient (Wildman–Crippen LogP) is -1.32. The van der Waals surface area contributed by atoms with Gasteiger partial charge in [0.25, 0.3) is 0 Å². The zero-order valence-electron chi connectivity index (χ0n) is 6.90. The Balaban J connectivity index is 3.09. The van der Waals surface area contributed by atoms with Crippen molar-refractivity contribution in [1.82, 2.24) is 10.6 Å². The van der Waals surface area contributed by atoms with Gasteiger partial charge in [0.2, 0.25) is 0 Å². The summed E-state index contributed by atoms with van der Waals surface area (Å²) in [5.74, 6) is 0. The van der Waals surface area contributed by atoms with Gasteiger partial charge in [0.05, 0.1) is 6.61 Å². The highest BCUT2D eigenvalue weighted by Gasteiger charge is 1.93. The molecule has 0 aliphatic heterocycles. The van der Waals surface area contributed by atoms with Gasteiger partial charge in [-0.3, -0.25) is 11.0 Å². The third-order valence-corrected chi connectivity index (χ3v) is 0.899. The summed E-state index contributed by atoms with van der Waals surface area (Å²) in [6.07, 6.45) is -0.367. The molecule has 0 heterocycles. The molecule has 0 saturated carbocycles. The molecule has 4 heteroatoms. The van der Waals surface area contributed by atoms with Crippen molar-refractivity contribution in [2.24, 2.45) is 5.73 Å². The van der Waals surface area contributed by atoms with E-state index < -0.39 is 0 Å². The van der Waals surface area contributed by atoms with Crippen LogP contribution in [-0.2, 0) is 4.74 Å². The van der Waals surface area contributed by atoms with Gasteiger partial charge in [-0.05, 0) is 14.1 Å². The van der Waals surface area contributed by atoms with Crippen molar-refractivity contribution in [2.75, 3.05) is 27.2 Å². The van der Waals surface area contributed by atoms with Crippen LogP contribution in [0.15, 0.2) is 0 Å². The summed E-state index contributed by atoms with van der Waals surface area (Å²) in [5.41, 5.74) is 2.20. The smallest absolute Gasteiger partial charge is 0.160 e. The van der Waals surface area contributed by atoms with E-state index in [0.717, 1.165) is 6.54 Å². The van der Waals surface area contributed by atoms with Crippen molar-refractivity contribution in [3.63, 3.8) is 0 Å². The number of hydrogen-bond donors (Lipinski definition) is 3. The Hall–Kier alpha value is -0.160. The maximum Gasteiger partial charge on any atom is 0.160 e. The van der Waals surface area contributed by atoms with Crippen LogP contribution in [0, 0.1) is 0 Å². The first-order chi connectivity index (χ1) is 4.85. The summed E-state index contributed by atoms with van der Waals surface area (Å²) < 4.78 is 11.8. The average molecular weight is 134 g/mol. The second kappa shape index (κ2) is 5.97. The average Bonchev–Trinajstić information content (AvgIpc) is 1.99. The molecule has 0 saturated heterocycles. The van der Waals surface area contributed by atoms with Gasteiger partial charge < -0.3 is 10.1 Å². The standard InChI is InChI=1S/C5H15N3O/c1-7-3-4-9-5(6)8-2/h5,7-8H,3-4,6H2,1-2H3/i/hD. The summed E-state index contributed by atoms with van der Waals surface area (Å²) in [6, 6.07) is 0. The van der Waals surface area contributed by atoms with E-state index in [1.54, 1.807) is 7.05 Å². The molecule has 0 spiro atoms. The number of hydrogen-bond acceptors (Lipinski definition) is 4. The quantitative estimate of drug-likeness (QED) is 0.311. The zero-order valence-corrected chi connectivity index (χ0v) is 5.90. The molecule has 4 N–H and O–H groups in total. The van der Waals surface area contributed by atoms with Crippen LogP contribution in [0.5, 0.6) is 0 Å². The number of nitrogens with one attached hydrogen (secondary N) is 2.